The molecule has 0 bridgehead atoms. The molecule has 0 aromatic heterocycles. The highest BCUT2D eigenvalue weighted by Gasteiger charge is 2.38. The lowest BCUT2D eigenvalue weighted by molar-refractivity contribution is -0.122. The van der Waals surface area contributed by atoms with Crippen molar-refractivity contribution in [2.24, 2.45) is 0 Å². The number of para-hydroxylation sites is 1. The monoisotopic (exact) mass is 519 g/mol. The lowest BCUT2D eigenvalue weighted by Crippen LogP contribution is -2.37. The smallest absolute Gasteiger partial charge is 0.290 e. The van der Waals surface area contributed by atoms with Crippen LogP contribution in [0.5, 0.6) is 11.5 Å². The molecule has 202 valence electrons. The Kier molecular flexibility index (Phi) is 11.2. The fourth-order valence-corrected chi connectivity index (χ4v) is 4.27. The Morgan fingerprint density at radius 3 is 2.37 bits per heavy atom. The van der Waals surface area contributed by atoms with Crippen molar-refractivity contribution in [2.45, 2.75) is 57.7 Å². The number of benzene rings is 3. The minimum atomic E-state index is -1.06. The van der Waals surface area contributed by atoms with Gasteiger partial charge >= 0.3 is 0 Å². The van der Waals surface area contributed by atoms with Crippen molar-refractivity contribution in [3.05, 3.63) is 83.9 Å². The molecular weight excluding hydrogens is 482 g/mol. The van der Waals surface area contributed by atoms with Crippen LogP contribution in [0.3, 0.4) is 0 Å². The van der Waals surface area contributed by atoms with Gasteiger partial charge in [0.05, 0.1) is 13.7 Å². The zero-order chi connectivity index (χ0) is 27.3. The van der Waals surface area contributed by atoms with E-state index in [0.717, 1.165) is 42.6 Å². The van der Waals surface area contributed by atoms with Gasteiger partial charge in [0.25, 0.3) is 12.4 Å². The molecule has 0 heterocycles. The Labute approximate surface area is 224 Å². The lowest BCUT2D eigenvalue weighted by atomic mass is 10.0. The first-order chi connectivity index (χ1) is 18.5. The Hall–Kier alpha value is -3.84. The number of aliphatic hydroxyl groups excluding tert-OH is 1. The van der Waals surface area contributed by atoms with Crippen LogP contribution >= 0.6 is 0 Å². The molecule has 7 nitrogen and oxygen atoms in total. The Balaban J connectivity index is 0.00000127. The second kappa shape index (κ2) is 14.8. The van der Waals surface area contributed by atoms with Crippen LogP contribution in [-0.2, 0) is 4.79 Å². The van der Waals surface area contributed by atoms with Crippen LogP contribution in [0.25, 0.3) is 11.1 Å². The minimum absolute atomic E-state index is 0.0353. The molecule has 2 N–H and O–H groups in total. The van der Waals surface area contributed by atoms with E-state index in [1.54, 1.807) is 12.0 Å². The fourth-order valence-electron chi connectivity index (χ4n) is 4.27. The third-order valence-corrected chi connectivity index (χ3v) is 6.43. The van der Waals surface area contributed by atoms with Crippen LogP contribution < -0.4 is 9.47 Å². The average molecular weight is 520 g/mol. The lowest BCUT2D eigenvalue weighted by Gasteiger charge is -2.29. The summed E-state index contributed by atoms with van der Waals surface area (Å²) in [5, 5.41) is 18.2. The van der Waals surface area contributed by atoms with Crippen LogP contribution in [-0.4, -0.2) is 47.3 Å². The van der Waals surface area contributed by atoms with Crippen LogP contribution in [0.15, 0.2) is 72.8 Å². The van der Waals surface area contributed by atoms with E-state index in [0.29, 0.717) is 23.5 Å². The van der Waals surface area contributed by atoms with Crippen molar-refractivity contribution in [3.63, 3.8) is 0 Å². The average Bonchev–Trinajstić information content (AvgIpc) is 3.79. The predicted molar refractivity (Wildman–Crippen MR) is 147 cm³/mol. The van der Waals surface area contributed by atoms with Gasteiger partial charge in [0.15, 0.2) is 6.23 Å². The van der Waals surface area contributed by atoms with Crippen LogP contribution in [0, 0.1) is 0 Å². The van der Waals surface area contributed by atoms with Crippen molar-refractivity contribution < 1.29 is 29.3 Å². The molecule has 0 saturated heterocycles. The Morgan fingerprint density at radius 1 is 1.00 bits per heavy atom. The molecule has 38 heavy (non-hydrogen) atoms. The molecule has 7 heteroatoms. The second-order valence-corrected chi connectivity index (χ2v) is 9.18. The number of aliphatic hydroxyl groups is 1. The van der Waals surface area contributed by atoms with E-state index in [1.165, 1.54) is 12.8 Å². The maximum absolute atomic E-state index is 13.5. The van der Waals surface area contributed by atoms with Gasteiger partial charge in [0.2, 0.25) is 0 Å². The number of nitrogens with zero attached hydrogens (tertiary/aromatic N) is 1. The minimum Gasteiger partial charge on any atom is -0.497 e. The largest absolute Gasteiger partial charge is 0.497 e. The molecule has 4 rings (SSSR count). The number of unbranched alkanes of at least 4 members (excludes halogenated alkanes) is 3. The molecule has 1 aliphatic carbocycles. The molecule has 1 fully saturated rings. The molecule has 1 aliphatic rings. The van der Waals surface area contributed by atoms with Crippen LogP contribution in [0.4, 0.5) is 0 Å². The van der Waals surface area contributed by atoms with E-state index >= 15 is 0 Å². The fraction of sp³-hybridized carbons (Fsp3) is 0.355. The van der Waals surface area contributed by atoms with E-state index in [2.05, 4.69) is 6.92 Å². The number of hydrogen-bond acceptors (Lipinski definition) is 5. The van der Waals surface area contributed by atoms with Gasteiger partial charge in [0.1, 0.15) is 11.5 Å². The van der Waals surface area contributed by atoms with Crippen molar-refractivity contribution in [1.82, 2.24) is 4.90 Å². The summed E-state index contributed by atoms with van der Waals surface area (Å²) in [4.78, 5) is 23.5. The predicted octanol–water partition coefficient (Wildman–Crippen LogP) is 6.32. The Bertz CT molecular complexity index is 1160. The summed E-state index contributed by atoms with van der Waals surface area (Å²) in [7, 11) is 1.65. The summed E-state index contributed by atoms with van der Waals surface area (Å²) in [6, 6.07) is 22.9. The highest BCUT2D eigenvalue weighted by atomic mass is 16.5. The first-order valence-electron chi connectivity index (χ1n) is 13.1. The van der Waals surface area contributed by atoms with Gasteiger partial charge in [-0.1, -0.05) is 68.7 Å². The van der Waals surface area contributed by atoms with E-state index in [-0.39, 0.29) is 18.4 Å². The molecule has 0 aliphatic heterocycles. The van der Waals surface area contributed by atoms with E-state index < -0.39 is 6.23 Å². The number of amides is 1. The third-order valence-electron chi connectivity index (χ3n) is 6.43. The van der Waals surface area contributed by atoms with E-state index in [9.17, 15) is 9.90 Å². The molecular formula is C31H37NO6. The first kappa shape index (κ1) is 28.7. The number of ether oxygens (including phenoxy) is 2. The van der Waals surface area contributed by atoms with Gasteiger partial charge in [0, 0.05) is 17.2 Å². The summed E-state index contributed by atoms with van der Waals surface area (Å²) in [6.45, 7) is 2.54. The van der Waals surface area contributed by atoms with Crippen LogP contribution in [0.2, 0.25) is 0 Å². The topological polar surface area (TPSA) is 96.3 Å². The zero-order valence-corrected chi connectivity index (χ0v) is 22.1. The van der Waals surface area contributed by atoms with Crippen molar-refractivity contribution >= 4 is 12.4 Å². The zero-order valence-electron chi connectivity index (χ0n) is 22.1. The molecule has 1 saturated carbocycles. The Morgan fingerprint density at radius 2 is 1.71 bits per heavy atom. The molecule has 1 unspecified atom stereocenters. The molecule has 0 spiro atoms. The molecule has 3 aromatic carbocycles. The number of carbonyl (C=O) groups is 2. The van der Waals surface area contributed by atoms with Gasteiger partial charge in [-0.15, -0.1) is 0 Å². The quantitative estimate of drug-likeness (QED) is 0.165. The summed E-state index contributed by atoms with van der Waals surface area (Å²) in [5.74, 6) is 1.26. The first-order valence-corrected chi connectivity index (χ1v) is 13.1. The molecule has 1 amide bonds. The SMILES string of the molecule is CCCCCCOc1ccccc1C(O)N(C(=O)c1ccc(-c2cccc(OC)c2)cc1)C1CC1.O=CO. The number of methoxy groups -OCH3 is 1. The highest BCUT2D eigenvalue weighted by Crippen LogP contribution is 2.37. The van der Waals surface area contributed by atoms with Crippen molar-refractivity contribution in [2.75, 3.05) is 13.7 Å². The molecule has 0 radical (unpaired) electrons. The van der Waals surface area contributed by atoms with Crippen LogP contribution in [0.1, 0.15) is 67.6 Å². The summed E-state index contributed by atoms with van der Waals surface area (Å²) in [6.07, 6.45) is 5.20. The van der Waals surface area contributed by atoms with Gasteiger partial charge in [-0.3, -0.25) is 9.59 Å². The van der Waals surface area contributed by atoms with Gasteiger partial charge < -0.3 is 24.6 Å². The number of hydrogen-bond donors (Lipinski definition) is 2. The molecule has 1 atom stereocenters. The van der Waals surface area contributed by atoms with E-state index in [1.807, 2.05) is 72.8 Å². The summed E-state index contributed by atoms with van der Waals surface area (Å²) >= 11 is 0. The third kappa shape index (κ3) is 7.83. The van der Waals surface area contributed by atoms with Gasteiger partial charge in [-0.25, -0.2) is 0 Å². The van der Waals surface area contributed by atoms with Gasteiger partial charge in [-0.2, -0.15) is 0 Å². The summed E-state index contributed by atoms with van der Waals surface area (Å²) < 4.78 is 11.3. The number of rotatable bonds is 12. The van der Waals surface area contributed by atoms with Crippen molar-refractivity contribution in [1.29, 1.82) is 0 Å². The van der Waals surface area contributed by atoms with Crippen molar-refractivity contribution in [3.8, 4) is 22.6 Å². The molecule has 3 aromatic rings. The normalized spacial score (nSPS) is 13.0. The van der Waals surface area contributed by atoms with Gasteiger partial charge in [-0.05, 0) is 60.7 Å². The maximum Gasteiger partial charge on any atom is 0.290 e. The van der Waals surface area contributed by atoms with E-state index in [4.69, 9.17) is 19.4 Å². The standard InChI is InChI=1S/C30H35NO4.CH2O2/c1-3-4-5-8-20-35-28-13-7-6-12-27(28)30(33)31(25-18-19-25)29(32)23-16-14-22(15-17-23)24-10-9-11-26(21-24)34-2;2-1-3/h6-7,9-17,21,25,30,33H,3-5,8,18-20H2,1-2H3;1H,(H,2,3). The number of carbonyl (C=O) groups excluding carboxylic acids is 1. The number of carboxylic acid groups (broad SMARTS) is 1. The maximum atomic E-state index is 13.5. The highest BCUT2D eigenvalue weighted by molar-refractivity contribution is 5.95. The summed E-state index contributed by atoms with van der Waals surface area (Å²) in [5.41, 5.74) is 3.21. The second-order valence-electron chi connectivity index (χ2n) is 9.18.